The summed E-state index contributed by atoms with van der Waals surface area (Å²) in [4.78, 5) is 41.7. The smallest absolute Gasteiger partial charge is 0.338 e. The van der Waals surface area contributed by atoms with Crippen LogP contribution in [0, 0.1) is 5.92 Å². The summed E-state index contributed by atoms with van der Waals surface area (Å²) in [6.07, 6.45) is 7.60. The second-order valence-electron chi connectivity index (χ2n) is 11.8. The first-order valence-electron chi connectivity index (χ1n) is 15.1. The number of amides is 2. The van der Waals surface area contributed by atoms with Gasteiger partial charge in [-0.25, -0.2) is 4.79 Å². The van der Waals surface area contributed by atoms with E-state index >= 15 is 0 Å². The predicted octanol–water partition coefficient (Wildman–Crippen LogP) is 8.90. The largest absolute Gasteiger partial charge is 0.462 e. The lowest BCUT2D eigenvalue weighted by molar-refractivity contribution is 0.0498. The van der Waals surface area contributed by atoms with Gasteiger partial charge in [0.05, 0.1) is 12.2 Å². The maximum atomic E-state index is 13.5. The van der Waals surface area contributed by atoms with E-state index in [0.717, 1.165) is 62.4 Å². The summed E-state index contributed by atoms with van der Waals surface area (Å²) in [6.45, 7) is 7.24. The number of rotatable bonds is 11. The van der Waals surface area contributed by atoms with Crippen LogP contribution in [0.2, 0.25) is 0 Å². The van der Waals surface area contributed by atoms with Crippen molar-refractivity contribution in [3.63, 3.8) is 0 Å². The lowest BCUT2D eigenvalue weighted by Gasteiger charge is -2.29. The molecule has 5 nitrogen and oxygen atoms in total. The third-order valence-electron chi connectivity index (χ3n) is 8.61. The second kappa shape index (κ2) is 11.1. The summed E-state index contributed by atoms with van der Waals surface area (Å²) >= 11 is 0. The number of hydrogen-bond acceptors (Lipinski definition) is 4. The van der Waals surface area contributed by atoms with E-state index < -0.39 is 0 Å². The van der Waals surface area contributed by atoms with E-state index in [2.05, 4.69) is 26.8 Å². The molecule has 0 unspecified atom stereocenters. The van der Waals surface area contributed by atoms with Gasteiger partial charge in [0.1, 0.15) is 0 Å². The van der Waals surface area contributed by atoms with Gasteiger partial charge in [-0.05, 0) is 74.7 Å². The number of ether oxygens (including phenoxy) is 1. The van der Waals surface area contributed by atoms with Crippen LogP contribution >= 0.6 is 0 Å². The van der Waals surface area contributed by atoms with Crippen LogP contribution < -0.4 is 0 Å². The van der Waals surface area contributed by atoms with E-state index in [9.17, 15) is 14.4 Å². The van der Waals surface area contributed by atoms with Gasteiger partial charge in [0, 0.05) is 23.1 Å². The van der Waals surface area contributed by atoms with E-state index in [-0.39, 0.29) is 17.8 Å². The summed E-state index contributed by atoms with van der Waals surface area (Å²) < 4.78 is 5.70. The minimum absolute atomic E-state index is 0.223. The Morgan fingerprint density at radius 2 is 1.29 bits per heavy atom. The van der Waals surface area contributed by atoms with Crippen molar-refractivity contribution in [2.45, 2.75) is 65.7 Å². The molecule has 0 N–H and O–H groups in total. The molecule has 0 aromatic heterocycles. The van der Waals surface area contributed by atoms with Crippen molar-refractivity contribution in [3.05, 3.63) is 71.3 Å². The van der Waals surface area contributed by atoms with Gasteiger partial charge in [0.25, 0.3) is 11.8 Å². The Balaban J connectivity index is 1.42. The first-order valence-corrected chi connectivity index (χ1v) is 15.1. The highest BCUT2D eigenvalue weighted by molar-refractivity contribution is 6.38. The molecular weight excluding hydrogens is 510 g/mol. The molecule has 5 heteroatoms. The molecule has 0 radical (unpaired) electrons. The van der Waals surface area contributed by atoms with E-state index in [1.54, 1.807) is 0 Å². The van der Waals surface area contributed by atoms with Crippen molar-refractivity contribution < 1.29 is 19.1 Å². The number of imide groups is 1. The third kappa shape index (κ3) is 4.61. The van der Waals surface area contributed by atoms with E-state index in [4.69, 9.17) is 4.74 Å². The SMILES string of the molecule is CCCCCCCCOC(=O)c1ccc2c3ccc4c5c(ccc(c6cccc1c62)c53)C(=O)N(CCC(C)C)C4=O. The van der Waals surface area contributed by atoms with Crippen LogP contribution in [-0.4, -0.2) is 35.8 Å². The van der Waals surface area contributed by atoms with Crippen LogP contribution in [0.5, 0.6) is 0 Å². The quantitative estimate of drug-likeness (QED) is 0.0544. The zero-order valence-electron chi connectivity index (χ0n) is 24.2. The van der Waals surface area contributed by atoms with Crippen LogP contribution in [-0.2, 0) is 4.74 Å². The average Bonchev–Trinajstić information content (AvgIpc) is 2.97. The topological polar surface area (TPSA) is 63.7 Å². The Hall–Kier alpha value is -3.99. The number of carbonyl (C=O) groups excluding carboxylic acids is 3. The fourth-order valence-corrected chi connectivity index (χ4v) is 6.43. The Bertz CT molecular complexity index is 1730. The second-order valence-corrected chi connectivity index (χ2v) is 11.8. The van der Waals surface area contributed by atoms with Crippen molar-refractivity contribution >= 4 is 60.9 Å². The van der Waals surface area contributed by atoms with Crippen molar-refractivity contribution in [3.8, 4) is 0 Å². The Labute approximate surface area is 240 Å². The summed E-state index contributed by atoms with van der Waals surface area (Å²) in [5.74, 6) is -0.350. The molecular formula is C36H37NO4. The monoisotopic (exact) mass is 547 g/mol. The molecule has 210 valence electrons. The highest BCUT2D eigenvalue weighted by atomic mass is 16.5. The van der Waals surface area contributed by atoms with Crippen molar-refractivity contribution in [2.24, 2.45) is 5.92 Å². The fraction of sp³-hybridized carbons (Fsp3) is 0.361. The Morgan fingerprint density at radius 1 is 0.707 bits per heavy atom. The number of carbonyl (C=O) groups is 3. The van der Waals surface area contributed by atoms with Crippen LogP contribution in [0.1, 0.15) is 96.8 Å². The summed E-state index contributed by atoms with van der Waals surface area (Å²) in [6, 6.07) is 17.6. The highest BCUT2D eigenvalue weighted by Crippen LogP contribution is 2.44. The van der Waals surface area contributed by atoms with Crippen molar-refractivity contribution in [2.75, 3.05) is 13.2 Å². The van der Waals surface area contributed by atoms with Crippen LogP contribution in [0.25, 0.3) is 43.1 Å². The van der Waals surface area contributed by atoms with Gasteiger partial charge >= 0.3 is 5.97 Å². The number of esters is 1. The standard InChI is InChI=1S/C36H37NO4/c1-4-5-6-7-8-9-21-41-36(40)28-16-13-25-27-15-18-30-33-29(34(38)37(35(30)39)20-19-22(2)3)17-14-26(32(27)33)23-11-10-12-24(28)31(23)25/h10-18,22H,4-9,19-21H2,1-3H3. The Morgan fingerprint density at radius 3 is 1.98 bits per heavy atom. The fourth-order valence-electron chi connectivity index (χ4n) is 6.43. The first-order chi connectivity index (χ1) is 19.9. The zero-order chi connectivity index (χ0) is 28.7. The molecule has 5 aromatic rings. The van der Waals surface area contributed by atoms with E-state index in [0.29, 0.717) is 35.8 Å². The van der Waals surface area contributed by atoms with Gasteiger partial charge in [-0.15, -0.1) is 0 Å². The molecule has 0 saturated heterocycles. The number of hydrogen-bond donors (Lipinski definition) is 0. The molecule has 2 amide bonds. The van der Waals surface area contributed by atoms with Gasteiger partial charge in [0.15, 0.2) is 0 Å². The number of unbranched alkanes of at least 4 members (excludes halogenated alkanes) is 5. The third-order valence-corrected chi connectivity index (χ3v) is 8.61. The molecule has 0 spiro atoms. The van der Waals surface area contributed by atoms with Crippen LogP contribution in [0.4, 0.5) is 0 Å². The molecule has 0 saturated carbocycles. The minimum Gasteiger partial charge on any atom is -0.462 e. The molecule has 1 aliphatic heterocycles. The van der Waals surface area contributed by atoms with Crippen LogP contribution in [0.15, 0.2) is 54.6 Å². The van der Waals surface area contributed by atoms with Gasteiger partial charge in [-0.1, -0.05) is 89.3 Å². The molecule has 1 aliphatic rings. The van der Waals surface area contributed by atoms with E-state index in [1.165, 1.54) is 30.6 Å². The summed E-state index contributed by atoms with van der Waals surface area (Å²) in [7, 11) is 0. The van der Waals surface area contributed by atoms with Crippen molar-refractivity contribution in [1.29, 1.82) is 0 Å². The van der Waals surface area contributed by atoms with E-state index in [1.807, 2.05) is 48.5 Å². The molecule has 5 aromatic carbocycles. The molecule has 0 bridgehead atoms. The highest BCUT2D eigenvalue weighted by Gasteiger charge is 2.34. The van der Waals surface area contributed by atoms with Crippen molar-refractivity contribution in [1.82, 2.24) is 4.90 Å². The molecule has 0 fully saturated rings. The minimum atomic E-state index is -0.295. The van der Waals surface area contributed by atoms with Gasteiger partial charge in [0.2, 0.25) is 0 Å². The Kier molecular flexibility index (Phi) is 7.37. The molecule has 1 heterocycles. The molecule has 0 aliphatic carbocycles. The molecule has 0 atom stereocenters. The zero-order valence-corrected chi connectivity index (χ0v) is 24.2. The number of benzene rings is 5. The van der Waals surface area contributed by atoms with Crippen LogP contribution in [0.3, 0.4) is 0 Å². The number of nitrogens with zero attached hydrogens (tertiary/aromatic N) is 1. The maximum absolute atomic E-state index is 13.5. The first kappa shape index (κ1) is 27.2. The summed E-state index contributed by atoms with van der Waals surface area (Å²) in [5, 5.41) is 7.50. The number of fused-ring (bicyclic) bond motifs is 2. The van der Waals surface area contributed by atoms with Gasteiger partial charge in [-0.3, -0.25) is 14.5 Å². The van der Waals surface area contributed by atoms with Gasteiger partial charge in [-0.2, -0.15) is 0 Å². The normalized spacial score (nSPS) is 13.5. The average molecular weight is 548 g/mol. The lowest BCUT2D eigenvalue weighted by atomic mass is 9.84. The molecule has 6 rings (SSSR count). The molecule has 41 heavy (non-hydrogen) atoms. The lowest BCUT2D eigenvalue weighted by Crippen LogP contribution is -2.41. The maximum Gasteiger partial charge on any atom is 0.338 e. The predicted molar refractivity (Wildman–Crippen MR) is 166 cm³/mol. The summed E-state index contributed by atoms with van der Waals surface area (Å²) in [5.41, 5.74) is 1.72. The van der Waals surface area contributed by atoms with Gasteiger partial charge < -0.3 is 4.74 Å².